The molecule has 1 unspecified atom stereocenters. The van der Waals surface area contributed by atoms with Gasteiger partial charge < -0.3 is 11.1 Å². The first kappa shape index (κ1) is 12.8. The quantitative estimate of drug-likeness (QED) is 0.678. The second kappa shape index (κ2) is 5.50. The molecule has 4 heteroatoms. The van der Waals surface area contributed by atoms with Crippen molar-refractivity contribution >= 4 is 17.7 Å². The first-order chi connectivity index (χ1) is 5.92. The van der Waals surface area contributed by atoms with Crippen LogP contribution in [0.15, 0.2) is 0 Å². The van der Waals surface area contributed by atoms with Crippen molar-refractivity contribution in [2.45, 2.75) is 39.3 Å². The van der Waals surface area contributed by atoms with Crippen LogP contribution in [-0.2, 0) is 4.79 Å². The molecule has 0 aliphatic heterocycles. The maximum atomic E-state index is 11.2. The van der Waals surface area contributed by atoms with E-state index in [0.29, 0.717) is 0 Å². The lowest BCUT2D eigenvalue weighted by Gasteiger charge is -2.29. The van der Waals surface area contributed by atoms with Crippen LogP contribution in [0.5, 0.6) is 0 Å². The van der Waals surface area contributed by atoms with E-state index in [4.69, 9.17) is 5.73 Å². The number of thioether (sulfide) groups is 1. The minimum Gasteiger partial charge on any atom is -0.368 e. The summed E-state index contributed by atoms with van der Waals surface area (Å²) >= 11 is 1.72. The van der Waals surface area contributed by atoms with E-state index in [2.05, 4.69) is 12.2 Å². The molecule has 0 saturated heterocycles. The molecule has 78 valence electrons. The SMILES string of the molecule is CCSCC(C)(NC(C)C)C(N)=O. The number of amides is 1. The summed E-state index contributed by atoms with van der Waals surface area (Å²) in [7, 11) is 0. The standard InChI is InChI=1S/C9H20N2OS/c1-5-13-6-9(4,8(10)12)11-7(2)3/h7,11H,5-6H2,1-4H3,(H2,10,12). The maximum absolute atomic E-state index is 11.2. The summed E-state index contributed by atoms with van der Waals surface area (Å²) in [5, 5.41) is 3.20. The second-order valence-electron chi connectivity index (χ2n) is 3.63. The summed E-state index contributed by atoms with van der Waals surface area (Å²) < 4.78 is 0. The van der Waals surface area contributed by atoms with Crippen molar-refractivity contribution in [1.82, 2.24) is 5.32 Å². The fourth-order valence-corrected chi connectivity index (χ4v) is 1.97. The zero-order chi connectivity index (χ0) is 10.5. The van der Waals surface area contributed by atoms with Gasteiger partial charge in [-0.1, -0.05) is 6.92 Å². The molecule has 1 amide bonds. The average molecular weight is 204 g/mol. The molecule has 0 aliphatic rings. The van der Waals surface area contributed by atoms with Crippen LogP contribution in [0.3, 0.4) is 0 Å². The van der Waals surface area contributed by atoms with Crippen LogP contribution in [0.2, 0.25) is 0 Å². The smallest absolute Gasteiger partial charge is 0.238 e. The molecule has 0 fully saturated rings. The second-order valence-corrected chi connectivity index (χ2v) is 4.91. The van der Waals surface area contributed by atoms with Gasteiger partial charge >= 0.3 is 0 Å². The molecule has 0 bridgehead atoms. The molecule has 0 saturated carbocycles. The van der Waals surface area contributed by atoms with Crippen molar-refractivity contribution in [3.8, 4) is 0 Å². The Hall–Kier alpha value is -0.220. The zero-order valence-corrected chi connectivity index (χ0v) is 9.70. The number of primary amides is 1. The monoisotopic (exact) mass is 204 g/mol. The third kappa shape index (κ3) is 4.52. The first-order valence-corrected chi connectivity index (χ1v) is 5.73. The molecule has 0 spiro atoms. The van der Waals surface area contributed by atoms with Crippen LogP contribution in [0.1, 0.15) is 27.7 Å². The summed E-state index contributed by atoms with van der Waals surface area (Å²) in [5.74, 6) is 1.46. The lowest BCUT2D eigenvalue weighted by Crippen LogP contribution is -2.57. The first-order valence-electron chi connectivity index (χ1n) is 4.57. The highest BCUT2D eigenvalue weighted by molar-refractivity contribution is 7.99. The Morgan fingerprint density at radius 3 is 2.46 bits per heavy atom. The lowest BCUT2D eigenvalue weighted by molar-refractivity contribution is -0.123. The van der Waals surface area contributed by atoms with Crippen molar-refractivity contribution in [3.63, 3.8) is 0 Å². The highest BCUT2D eigenvalue weighted by atomic mass is 32.2. The summed E-state index contributed by atoms with van der Waals surface area (Å²) in [6.07, 6.45) is 0. The lowest BCUT2D eigenvalue weighted by atomic mass is 10.0. The molecule has 1 atom stereocenters. The van der Waals surface area contributed by atoms with Gasteiger partial charge in [-0.25, -0.2) is 0 Å². The number of rotatable bonds is 6. The number of carbonyl (C=O) groups excluding carboxylic acids is 1. The van der Waals surface area contributed by atoms with Gasteiger partial charge in [0.15, 0.2) is 0 Å². The van der Waals surface area contributed by atoms with Gasteiger partial charge in [-0.15, -0.1) is 0 Å². The van der Waals surface area contributed by atoms with E-state index in [1.807, 2.05) is 20.8 Å². The number of hydrogen-bond donors (Lipinski definition) is 2. The van der Waals surface area contributed by atoms with E-state index in [9.17, 15) is 4.79 Å². The van der Waals surface area contributed by atoms with Crippen LogP contribution in [-0.4, -0.2) is 29.0 Å². The van der Waals surface area contributed by atoms with Crippen LogP contribution in [0.25, 0.3) is 0 Å². The van der Waals surface area contributed by atoms with E-state index in [1.165, 1.54) is 0 Å². The Balaban J connectivity index is 4.25. The van der Waals surface area contributed by atoms with E-state index < -0.39 is 5.54 Å². The molecule has 0 aromatic rings. The van der Waals surface area contributed by atoms with Gasteiger partial charge in [0.05, 0.1) is 0 Å². The van der Waals surface area contributed by atoms with E-state index in [-0.39, 0.29) is 11.9 Å². The van der Waals surface area contributed by atoms with Gasteiger partial charge in [0.2, 0.25) is 5.91 Å². The predicted octanol–water partition coefficient (Wildman–Crippen LogP) is 0.981. The van der Waals surface area contributed by atoms with Gasteiger partial charge in [0.1, 0.15) is 5.54 Å². The molecule has 0 aromatic heterocycles. The zero-order valence-electron chi connectivity index (χ0n) is 8.89. The molecule has 3 nitrogen and oxygen atoms in total. The van der Waals surface area contributed by atoms with Crippen molar-refractivity contribution in [1.29, 1.82) is 0 Å². The Kier molecular flexibility index (Phi) is 5.40. The van der Waals surface area contributed by atoms with Gasteiger partial charge in [-0.05, 0) is 26.5 Å². The highest BCUT2D eigenvalue weighted by Gasteiger charge is 2.30. The maximum Gasteiger partial charge on any atom is 0.238 e. The van der Waals surface area contributed by atoms with Gasteiger partial charge in [0.25, 0.3) is 0 Å². The third-order valence-corrected chi connectivity index (χ3v) is 2.94. The largest absolute Gasteiger partial charge is 0.368 e. The summed E-state index contributed by atoms with van der Waals surface area (Å²) in [6, 6.07) is 0.273. The molecule has 0 aliphatic carbocycles. The minimum absolute atomic E-state index is 0.273. The molecular formula is C9H20N2OS. The van der Waals surface area contributed by atoms with Crippen molar-refractivity contribution in [2.75, 3.05) is 11.5 Å². The average Bonchev–Trinajstić information content (AvgIpc) is 1.99. The fraction of sp³-hybridized carbons (Fsp3) is 0.889. The van der Waals surface area contributed by atoms with Crippen LogP contribution in [0, 0.1) is 0 Å². The minimum atomic E-state index is -0.575. The Morgan fingerprint density at radius 2 is 2.15 bits per heavy atom. The molecule has 0 rings (SSSR count). The topological polar surface area (TPSA) is 55.1 Å². The Bertz CT molecular complexity index is 173. The normalized spacial score (nSPS) is 15.8. The Morgan fingerprint density at radius 1 is 1.62 bits per heavy atom. The summed E-state index contributed by atoms with van der Waals surface area (Å²) in [6.45, 7) is 7.95. The third-order valence-electron chi connectivity index (χ3n) is 1.75. The number of carbonyl (C=O) groups is 1. The van der Waals surface area contributed by atoms with Crippen molar-refractivity contribution < 1.29 is 4.79 Å². The number of nitrogens with two attached hydrogens (primary N) is 1. The number of nitrogens with one attached hydrogen (secondary N) is 1. The van der Waals surface area contributed by atoms with Gasteiger partial charge in [-0.2, -0.15) is 11.8 Å². The molecule has 3 N–H and O–H groups in total. The van der Waals surface area contributed by atoms with Crippen LogP contribution in [0.4, 0.5) is 0 Å². The van der Waals surface area contributed by atoms with Crippen molar-refractivity contribution in [3.05, 3.63) is 0 Å². The molecule has 13 heavy (non-hydrogen) atoms. The van der Waals surface area contributed by atoms with Gasteiger partial charge in [0, 0.05) is 11.8 Å². The number of hydrogen-bond acceptors (Lipinski definition) is 3. The highest BCUT2D eigenvalue weighted by Crippen LogP contribution is 2.13. The van der Waals surface area contributed by atoms with Crippen molar-refractivity contribution in [2.24, 2.45) is 5.73 Å². The van der Waals surface area contributed by atoms with E-state index >= 15 is 0 Å². The van der Waals surface area contributed by atoms with Crippen LogP contribution < -0.4 is 11.1 Å². The summed E-state index contributed by atoms with van der Waals surface area (Å²) in [4.78, 5) is 11.2. The van der Waals surface area contributed by atoms with E-state index in [1.54, 1.807) is 11.8 Å². The van der Waals surface area contributed by atoms with Gasteiger partial charge in [-0.3, -0.25) is 4.79 Å². The fourth-order valence-electron chi connectivity index (χ4n) is 1.13. The molecular weight excluding hydrogens is 184 g/mol. The molecule has 0 radical (unpaired) electrons. The predicted molar refractivity (Wildman–Crippen MR) is 58.9 cm³/mol. The Labute approximate surface area is 84.8 Å². The van der Waals surface area contributed by atoms with E-state index in [0.717, 1.165) is 11.5 Å². The molecule has 0 aromatic carbocycles. The summed E-state index contributed by atoms with van der Waals surface area (Å²) in [5.41, 5.74) is 4.77. The molecule has 0 heterocycles. The van der Waals surface area contributed by atoms with Crippen LogP contribution >= 0.6 is 11.8 Å².